The Morgan fingerprint density at radius 1 is 1.25 bits per heavy atom. The number of aromatic nitrogens is 2. The van der Waals surface area contributed by atoms with Crippen LogP contribution < -0.4 is 10.6 Å². The molecule has 0 unspecified atom stereocenters. The lowest BCUT2D eigenvalue weighted by molar-refractivity contribution is -0.141. The van der Waals surface area contributed by atoms with Crippen LogP contribution in [0.25, 0.3) is 0 Å². The Morgan fingerprint density at radius 2 is 2.00 bits per heavy atom. The van der Waals surface area contributed by atoms with E-state index in [9.17, 15) is 13.2 Å². The first kappa shape index (κ1) is 14.1. The molecule has 2 aromatic rings. The van der Waals surface area contributed by atoms with Crippen molar-refractivity contribution in [2.45, 2.75) is 12.7 Å². The normalized spacial score (nSPS) is 11.4. The number of rotatable bonds is 3. The standard InChI is InChI=1S/C13H13F3N4/c1-20(8-9-3-2-4-10(17)7-9)12-18-6-5-11(19-12)13(14,15)16/h2-7H,8,17H2,1H3. The minimum atomic E-state index is -4.48. The summed E-state index contributed by atoms with van der Waals surface area (Å²) in [7, 11) is 1.62. The molecule has 0 spiro atoms. The summed E-state index contributed by atoms with van der Waals surface area (Å²) in [6.45, 7) is 0.367. The monoisotopic (exact) mass is 282 g/mol. The highest BCUT2D eigenvalue weighted by Gasteiger charge is 2.33. The molecule has 0 fully saturated rings. The highest BCUT2D eigenvalue weighted by molar-refractivity contribution is 5.42. The van der Waals surface area contributed by atoms with Crippen LogP contribution in [0.4, 0.5) is 24.8 Å². The van der Waals surface area contributed by atoms with Crippen LogP contribution in [-0.2, 0) is 12.7 Å². The Labute approximate surface area is 114 Å². The summed E-state index contributed by atoms with van der Waals surface area (Å²) in [6, 6.07) is 7.96. The van der Waals surface area contributed by atoms with Crippen molar-refractivity contribution in [1.29, 1.82) is 0 Å². The topological polar surface area (TPSA) is 55.0 Å². The van der Waals surface area contributed by atoms with Crippen molar-refractivity contribution in [3.63, 3.8) is 0 Å². The Kier molecular flexibility index (Phi) is 3.78. The fourth-order valence-electron chi connectivity index (χ4n) is 1.73. The van der Waals surface area contributed by atoms with E-state index in [0.29, 0.717) is 12.2 Å². The molecule has 0 aliphatic heterocycles. The molecule has 0 radical (unpaired) electrons. The van der Waals surface area contributed by atoms with E-state index in [1.807, 2.05) is 6.07 Å². The van der Waals surface area contributed by atoms with Crippen LogP contribution >= 0.6 is 0 Å². The SMILES string of the molecule is CN(Cc1cccc(N)c1)c1nccc(C(F)(F)F)n1. The molecule has 1 aromatic carbocycles. The van der Waals surface area contributed by atoms with Crippen LogP contribution in [0, 0.1) is 0 Å². The van der Waals surface area contributed by atoms with Crippen molar-refractivity contribution in [1.82, 2.24) is 9.97 Å². The Morgan fingerprint density at radius 3 is 2.65 bits per heavy atom. The van der Waals surface area contributed by atoms with E-state index in [1.165, 1.54) is 4.90 Å². The predicted octanol–water partition coefficient (Wildman–Crippen LogP) is 2.71. The number of nitrogen functional groups attached to an aromatic ring is 1. The van der Waals surface area contributed by atoms with E-state index in [0.717, 1.165) is 17.8 Å². The number of halogens is 3. The van der Waals surface area contributed by atoms with Gasteiger partial charge in [-0.25, -0.2) is 9.97 Å². The summed E-state index contributed by atoms with van der Waals surface area (Å²) < 4.78 is 37.8. The zero-order valence-corrected chi connectivity index (χ0v) is 10.7. The molecule has 7 heteroatoms. The molecule has 0 atom stereocenters. The van der Waals surface area contributed by atoms with Crippen LogP contribution in [0.2, 0.25) is 0 Å². The average molecular weight is 282 g/mol. The van der Waals surface area contributed by atoms with Crippen molar-refractivity contribution >= 4 is 11.6 Å². The maximum absolute atomic E-state index is 12.6. The van der Waals surface area contributed by atoms with E-state index in [2.05, 4.69) is 9.97 Å². The van der Waals surface area contributed by atoms with Gasteiger partial charge in [0.15, 0.2) is 0 Å². The van der Waals surface area contributed by atoms with E-state index in [-0.39, 0.29) is 5.95 Å². The average Bonchev–Trinajstić information content (AvgIpc) is 2.38. The molecule has 0 aliphatic rings. The lowest BCUT2D eigenvalue weighted by Gasteiger charge is -2.18. The predicted molar refractivity (Wildman–Crippen MR) is 70.0 cm³/mol. The van der Waals surface area contributed by atoms with Gasteiger partial charge in [-0.2, -0.15) is 13.2 Å². The number of nitrogens with two attached hydrogens (primary N) is 1. The first-order chi connectivity index (χ1) is 9.36. The van der Waals surface area contributed by atoms with Crippen molar-refractivity contribution in [3.05, 3.63) is 47.8 Å². The molecule has 4 nitrogen and oxygen atoms in total. The third kappa shape index (κ3) is 3.37. The molecule has 1 aromatic heterocycles. The zero-order chi connectivity index (χ0) is 14.8. The summed E-state index contributed by atoms with van der Waals surface area (Å²) in [5.74, 6) is 0.0160. The maximum Gasteiger partial charge on any atom is 0.433 e. The van der Waals surface area contributed by atoms with Gasteiger partial charge < -0.3 is 10.6 Å². The van der Waals surface area contributed by atoms with Gasteiger partial charge in [-0.3, -0.25) is 0 Å². The quantitative estimate of drug-likeness (QED) is 0.879. The molecular weight excluding hydrogens is 269 g/mol. The second-order valence-corrected chi connectivity index (χ2v) is 4.34. The molecule has 2 rings (SSSR count). The van der Waals surface area contributed by atoms with Gasteiger partial charge in [0.25, 0.3) is 0 Å². The van der Waals surface area contributed by atoms with Crippen molar-refractivity contribution in [3.8, 4) is 0 Å². The largest absolute Gasteiger partial charge is 0.433 e. The highest BCUT2D eigenvalue weighted by Crippen LogP contribution is 2.28. The van der Waals surface area contributed by atoms with E-state index in [4.69, 9.17) is 5.73 Å². The first-order valence-corrected chi connectivity index (χ1v) is 5.82. The van der Waals surface area contributed by atoms with Crippen LogP contribution in [0.15, 0.2) is 36.5 Å². The molecule has 0 aliphatic carbocycles. The van der Waals surface area contributed by atoms with Gasteiger partial charge in [0, 0.05) is 25.5 Å². The number of hydrogen-bond acceptors (Lipinski definition) is 4. The zero-order valence-electron chi connectivity index (χ0n) is 10.7. The molecular formula is C13H13F3N4. The molecule has 0 saturated heterocycles. The molecule has 0 bridgehead atoms. The first-order valence-electron chi connectivity index (χ1n) is 5.82. The summed E-state index contributed by atoms with van der Waals surface area (Å²) in [6.07, 6.45) is -3.38. The Balaban J connectivity index is 2.19. The van der Waals surface area contributed by atoms with Crippen molar-refractivity contribution < 1.29 is 13.2 Å². The van der Waals surface area contributed by atoms with Gasteiger partial charge >= 0.3 is 6.18 Å². The van der Waals surface area contributed by atoms with Gasteiger partial charge in [0.2, 0.25) is 5.95 Å². The van der Waals surface area contributed by atoms with Crippen molar-refractivity contribution in [2.75, 3.05) is 17.7 Å². The van der Waals surface area contributed by atoms with E-state index < -0.39 is 11.9 Å². The third-order valence-corrected chi connectivity index (χ3v) is 2.65. The number of benzene rings is 1. The Hall–Kier alpha value is -2.31. The molecule has 0 saturated carbocycles. The van der Waals surface area contributed by atoms with Crippen LogP contribution in [-0.4, -0.2) is 17.0 Å². The second kappa shape index (κ2) is 5.36. The van der Waals surface area contributed by atoms with Crippen LogP contribution in [0.1, 0.15) is 11.3 Å². The lowest BCUT2D eigenvalue weighted by Crippen LogP contribution is -2.21. The smallest absolute Gasteiger partial charge is 0.399 e. The summed E-state index contributed by atoms with van der Waals surface area (Å²) in [4.78, 5) is 8.91. The van der Waals surface area contributed by atoms with Crippen LogP contribution in [0.5, 0.6) is 0 Å². The fourth-order valence-corrected chi connectivity index (χ4v) is 1.73. The van der Waals surface area contributed by atoms with Crippen molar-refractivity contribution in [2.24, 2.45) is 0 Å². The molecule has 1 heterocycles. The summed E-state index contributed by atoms with van der Waals surface area (Å²) >= 11 is 0. The second-order valence-electron chi connectivity index (χ2n) is 4.34. The number of nitrogens with zero attached hydrogens (tertiary/aromatic N) is 3. The van der Waals surface area contributed by atoms with Gasteiger partial charge in [-0.1, -0.05) is 12.1 Å². The molecule has 0 amide bonds. The minimum absolute atomic E-state index is 0.0160. The lowest BCUT2D eigenvalue weighted by atomic mass is 10.2. The van der Waals surface area contributed by atoms with E-state index in [1.54, 1.807) is 25.2 Å². The summed E-state index contributed by atoms with van der Waals surface area (Å²) in [5, 5.41) is 0. The highest BCUT2D eigenvalue weighted by atomic mass is 19.4. The van der Waals surface area contributed by atoms with Gasteiger partial charge in [-0.05, 0) is 23.8 Å². The van der Waals surface area contributed by atoms with E-state index >= 15 is 0 Å². The molecule has 2 N–H and O–H groups in total. The van der Waals surface area contributed by atoms with Gasteiger partial charge in [0.1, 0.15) is 5.69 Å². The van der Waals surface area contributed by atoms with Gasteiger partial charge in [-0.15, -0.1) is 0 Å². The summed E-state index contributed by atoms with van der Waals surface area (Å²) in [5.41, 5.74) is 6.17. The van der Waals surface area contributed by atoms with Crippen LogP contribution in [0.3, 0.4) is 0 Å². The maximum atomic E-state index is 12.6. The number of alkyl halides is 3. The van der Waals surface area contributed by atoms with Gasteiger partial charge in [0.05, 0.1) is 0 Å². The molecule has 20 heavy (non-hydrogen) atoms. The number of anilines is 2. The fraction of sp³-hybridized carbons (Fsp3) is 0.231. The molecule has 106 valence electrons. The Bertz CT molecular complexity index is 598. The minimum Gasteiger partial charge on any atom is -0.399 e. The third-order valence-electron chi connectivity index (χ3n) is 2.65. The number of hydrogen-bond donors (Lipinski definition) is 1.